The quantitative estimate of drug-likeness (QED) is 0.170. The van der Waals surface area contributed by atoms with Crippen molar-refractivity contribution in [2.45, 2.75) is 0 Å². The summed E-state index contributed by atoms with van der Waals surface area (Å²) in [6, 6.07) is 16.5. The van der Waals surface area contributed by atoms with Crippen LogP contribution in [0.25, 0.3) is 0 Å². The predicted molar refractivity (Wildman–Crippen MR) is 120 cm³/mol. The summed E-state index contributed by atoms with van der Waals surface area (Å²) >= 11 is 3.34. The molecule has 10 heteroatoms. The molecule has 3 aromatic carbocycles. The van der Waals surface area contributed by atoms with Crippen molar-refractivity contribution in [3.63, 3.8) is 0 Å². The van der Waals surface area contributed by atoms with Crippen LogP contribution in [0, 0.1) is 10.1 Å². The van der Waals surface area contributed by atoms with E-state index in [2.05, 4.69) is 26.5 Å². The van der Waals surface area contributed by atoms with E-state index >= 15 is 0 Å². The van der Waals surface area contributed by atoms with Crippen LogP contribution in [0.4, 0.5) is 5.69 Å². The number of esters is 1. The first-order chi connectivity index (χ1) is 15.4. The number of ether oxygens (including phenoxy) is 2. The maximum atomic E-state index is 12.5. The molecule has 0 saturated heterocycles. The van der Waals surface area contributed by atoms with Crippen molar-refractivity contribution in [1.29, 1.82) is 0 Å². The van der Waals surface area contributed by atoms with E-state index in [9.17, 15) is 19.7 Å². The number of methoxy groups -OCH3 is 1. The van der Waals surface area contributed by atoms with Gasteiger partial charge in [0.2, 0.25) is 0 Å². The Bertz CT molecular complexity index is 1180. The molecule has 1 N–H and O–H groups in total. The minimum atomic E-state index is -0.570. The largest absolute Gasteiger partial charge is 0.497 e. The van der Waals surface area contributed by atoms with Crippen LogP contribution in [-0.2, 0) is 0 Å². The average Bonchev–Trinajstić information content (AvgIpc) is 2.80. The van der Waals surface area contributed by atoms with Gasteiger partial charge in [0.1, 0.15) is 11.5 Å². The van der Waals surface area contributed by atoms with Crippen LogP contribution in [0.3, 0.4) is 0 Å². The lowest BCUT2D eigenvalue weighted by molar-refractivity contribution is -0.384. The lowest BCUT2D eigenvalue weighted by atomic mass is 10.2. The summed E-state index contributed by atoms with van der Waals surface area (Å²) in [6.07, 6.45) is 1.32. The van der Waals surface area contributed by atoms with Gasteiger partial charge in [0.05, 0.1) is 23.8 Å². The van der Waals surface area contributed by atoms with Crippen LogP contribution in [-0.4, -0.2) is 30.1 Å². The minimum absolute atomic E-state index is 0.123. The number of nitro groups is 1. The molecule has 162 valence electrons. The van der Waals surface area contributed by atoms with E-state index in [1.165, 1.54) is 37.6 Å². The van der Waals surface area contributed by atoms with Crippen LogP contribution in [0.2, 0.25) is 0 Å². The Labute approximate surface area is 190 Å². The lowest BCUT2D eigenvalue weighted by Gasteiger charge is -2.08. The number of hydrazone groups is 1. The molecular weight excluding hydrogens is 482 g/mol. The Hall–Kier alpha value is -4.05. The molecule has 32 heavy (non-hydrogen) atoms. The fourth-order valence-electron chi connectivity index (χ4n) is 2.56. The number of rotatable bonds is 7. The first-order valence-corrected chi connectivity index (χ1v) is 9.90. The smallest absolute Gasteiger partial charge is 0.343 e. The molecule has 3 rings (SSSR count). The van der Waals surface area contributed by atoms with Gasteiger partial charge in [0.15, 0.2) is 0 Å². The summed E-state index contributed by atoms with van der Waals surface area (Å²) in [4.78, 5) is 34.8. The fourth-order valence-corrected chi connectivity index (χ4v) is 2.94. The highest BCUT2D eigenvalue weighted by atomic mass is 79.9. The second-order valence-corrected chi connectivity index (χ2v) is 7.22. The minimum Gasteiger partial charge on any atom is -0.497 e. The van der Waals surface area contributed by atoms with Crippen LogP contribution >= 0.6 is 15.9 Å². The van der Waals surface area contributed by atoms with Gasteiger partial charge in [0, 0.05) is 27.7 Å². The summed E-state index contributed by atoms with van der Waals surface area (Å²) in [5.74, 6) is -0.272. The van der Waals surface area contributed by atoms with Gasteiger partial charge in [0.25, 0.3) is 11.6 Å². The van der Waals surface area contributed by atoms with E-state index in [1.54, 1.807) is 42.5 Å². The monoisotopic (exact) mass is 497 g/mol. The molecule has 0 aliphatic rings. The van der Waals surface area contributed by atoms with Crippen LogP contribution < -0.4 is 14.9 Å². The van der Waals surface area contributed by atoms with Crippen molar-refractivity contribution in [3.05, 3.63) is 98.0 Å². The summed E-state index contributed by atoms with van der Waals surface area (Å²) in [5.41, 5.74) is 3.18. The van der Waals surface area contributed by atoms with Crippen LogP contribution in [0.1, 0.15) is 26.3 Å². The topological polar surface area (TPSA) is 120 Å². The zero-order chi connectivity index (χ0) is 23.1. The SMILES string of the molecule is COc1ccc(C(=O)Oc2ccc(Br)cc2/C=N/NC(=O)c2ccc([N+](=O)[O-])cc2)cc1. The summed E-state index contributed by atoms with van der Waals surface area (Å²) in [6.45, 7) is 0. The third-order valence-electron chi connectivity index (χ3n) is 4.21. The van der Waals surface area contributed by atoms with Crippen LogP contribution in [0.15, 0.2) is 76.3 Å². The standard InChI is InChI=1S/C22H16BrN3O6/c1-31-19-9-4-15(5-10-19)22(28)32-20-11-6-17(23)12-16(20)13-24-25-21(27)14-2-7-18(8-3-14)26(29)30/h2-13H,1H3,(H,25,27)/b24-13+. The zero-order valence-corrected chi connectivity index (χ0v) is 18.2. The molecule has 0 bridgehead atoms. The highest BCUT2D eigenvalue weighted by Gasteiger charge is 2.12. The number of nitrogens with zero attached hydrogens (tertiary/aromatic N) is 2. The number of nitrogens with one attached hydrogen (secondary N) is 1. The molecule has 1 amide bonds. The fraction of sp³-hybridized carbons (Fsp3) is 0.0455. The van der Waals surface area contributed by atoms with Crippen molar-refractivity contribution in [2.24, 2.45) is 5.10 Å². The van der Waals surface area contributed by atoms with Gasteiger partial charge in [-0.3, -0.25) is 14.9 Å². The maximum absolute atomic E-state index is 12.5. The molecule has 0 fully saturated rings. The van der Waals surface area contributed by atoms with Gasteiger partial charge in [-0.05, 0) is 54.6 Å². The molecule has 0 saturated carbocycles. The van der Waals surface area contributed by atoms with E-state index in [1.807, 2.05) is 0 Å². The molecule has 0 spiro atoms. The van der Waals surface area contributed by atoms with E-state index in [0.717, 1.165) is 0 Å². The van der Waals surface area contributed by atoms with Crippen molar-refractivity contribution in [2.75, 3.05) is 7.11 Å². The Morgan fingerprint density at radius 1 is 1.03 bits per heavy atom. The Morgan fingerprint density at radius 3 is 2.31 bits per heavy atom. The predicted octanol–water partition coefficient (Wildman–Crippen LogP) is 4.35. The molecule has 0 aliphatic carbocycles. The van der Waals surface area contributed by atoms with Gasteiger partial charge >= 0.3 is 5.97 Å². The number of carbonyl (C=O) groups excluding carboxylic acids is 2. The van der Waals surface area contributed by atoms with E-state index in [4.69, 9.17) is 9.47 Å². The number of nitro benzene ring substituents is 1. The molecule has 0 atom stereocenters. The van der Waals surface area contributed by atoms with E-state index in [0.29, 0.717) is 21.3 Å². The number of amides is 1. The number of halogens is 1. The van der Waals surface area contributed by atoms with Crippen molar-refractivity contribution >= 4 is 39.7 Å². The first-order valence-electron chi connectivity index (χ1n) is 9.11. The van der Waals surface area contributed by atoms with E-state index < -0.39 is 16.8 Å². The van der Waals surface area contributed by atoms with Crippen molar-refractivity contribution in [3.8, 4) is 11.5 Å². The molecule has 3 aromatic rings. The molecular formula is C22H16BrN3O6. The normalized spacial score (nSPS) is 10.6. The Kier molecular flexibility index (Phi) is 7.29. The third kappa shape index (κ3) is 5.76. The summed E-state index contributed by atoms with van der Waals surface area (Å²) in [5, 5.41) is 14.6. The Morgan fingerprint density at radius 2 is 1.69 bits per heavy atom. The first kappa shape index (κ1) is 22.6. The Balaban J connectivity index is 1.71. The molecule has 9 nitrogen and oxygen atoms in total. The number of carbonyl (C=O) groups is 2. The number of hydrogen-bond donors (Lipinski definition) is 1. The molecule has 0 heterocycles. The van der Waals surface area contributed by atoms with Crippen molar-refractivity contribution in [1.82, 2.24) is 5.43 Å². The van der Waals surface area contributed by atoms with Gasteiger partial charge < -0.3 is 9.47 Å². The second-order valence-electron chi connectivity index (χ2n) is 6.30. The third-order valence-corrected chi connectivity index (χ3v) is 4.70. The maximum Gasteiger partial charge on any atom is 0.343 e. The molecule has 0 aromatic heterocycles. The molecule has 0 aliphatic heterocycles. The highest BCUT2D eigenvalue weighted by molar-refractivity contribution is 9.10. The molecule has 0 unspecified atom stereocenters. The number of hydrogen-bond acceptors (Lipinski definition) is 7. The number of non-ortho nitro benzene ring substituents is 1. The molecule has 0 radical (unpaired) electrons. The van der Waals surface area contributed by atoms with Gasteiger partial charge in [-0.1, -0.05) is 15.9 Å². The van der Waals surface area contributed by atoms with Crippen molar-refractivity contribution < 1.29 is 24.0 Å². The van der Waals surface area contributed by atoms with Gasteiger partial charge in [-0.25, -0.2) is 10.2 Å². The lowest BCUT2D eigenvalue weighted by Crippen LogP contribution is -2.17. The second kappa shape index (κ2) is 10.3. The zero-order valence-electron chi connectivity index (χ0n) is 16.7. The van der Waals surface area contributed by atoms with Gasteiger partial charge in [-0.15, -0.1) is 0 Å². The van der Waals surface area contributed by atoms with Gasteiger partial charge in [-0.2, -0.15) is 5.10 Å². The summed E-state index contributed by atoms with van der Waals surface area (Å²) < 4.78 is 11.3. The van der Waals surface area contributed by atoms with E-state index in [-0.39, 0.29) is 17.0 Å². The van der Waals surface area contributed by atoms with Crippen LogP contribution in [0.5, 0.6) is 11.5 Å². The number of benzene rings is 3. The highest BCUT2D eigenvalue weighted by Crippen LogP contribution is 2.23. The average molecular weight is 498 g/mol. The summed E-state index contributed by atoms with van der Waals surface area (Å²) in [7, 11) is 1.53.